The summed E-state index contributed by atoms with van der Waals surface area (Å²) in [6.45, 7) is 2.94. The molecule has 0 radical (unpaired) electrons. The molecular weight excluding hydrogens is 564 g/mol. The summed E-state index contributed by atoms with van der Waals surface area (Å²) >= 11 is 3.47. The van der Waals surface area contributed by atoms with Crippen LogP contribution in [0, 0.1) is 28.9 Å². The summed E-state index contributed by atoms with van der Waals surface area (Å²) in [5, 5.41) is 10.1. The topological polar surface area (TPSA) is 65.2 Å². The van der Waals surface area contributed by atoms with Crippen molar-refractivity contribution in [2.75, 3.05) is 31.1 Å². The number of benzene rings is 2. The molecule has 0 atom stereocenters. The van der Waals surface area contributed by atoms with Gasteiger partial charge in [-0.3, -0.25) is 9.69 Å². The van der Waals surface area contributed by atoms with Gasteiger partial charge in [0, 0.05) is 32.7 Å². The highest BCUT2D eigenvalue weighted by atomic mass is 79.9. The first kappa shape index (κ1) is 25.7. The quantitative estimate of drug-likeness (QED) is 0.273. The molecule has 2 aromatic carbocycles. The van der Waals surface area contributed by atoms with Crippen LogP contribution in [-0.4, -0.2) is 40.6 Å². The zero-order valence-corrected chi connectivity index (χ0v) is 22.7. The van der Waals surface area contributed by atoms with Crippen LogP contribution >= 0.6 is 15.9 Å². The van der Waals surface area contributed by atoms with Gasteiger partial charge in [0.2, 0.25) is 0 Å². The molecule has 198 valence electrons. The Balaban J connectivity index is 1.36. The summed E-state index contributed by atoms with van der Waals surface area (Å²) in [5.41, 5.74) is 3.63. The van der Waals surface area contributed by atoms with Crippen LogP contribution in [-0.2, 0) is 6.54 Å². The Morgan fingerprint density at radius 3 is 2.05 bits per heavy atom. The van der Waals surface area contributed by atoms with Gasteiger partial charge < -0.3 is 9.47 Å². The summed E-state index contributed by atoms with van der Waals surface area (Å²) in [5.74, 6) is -0.162. The van der Waals surface area contributed by atoms with Crippen LogP contribution in [0.3, 0.4) is 0 Å². The lowest BCUT2D eigenvalue weighted by molar-refractivity contribution is 0.212. The van der Waals surface area contributed by atoms with Crippen molar-refractivity contribution < 1.29 is 8.78 Å². The van der Waals surface area contributed by atoms with Crippen LogP contribution in [0.15, 0.2) is 70.1 Å². The molecule has 6 rings (SSSR count). The summed E-state index contributed by atoms with van der Waals surface area (Å²) in [6, 6.07) is 18.5. The van der Waals surface area contributed by atoms with E-state index in [2.05, 4.69) is 31.8 Å². The molecule has 0 amide bonds. The van der Waals surface area contributed by atoms with E-state index in [4.69, 9.17) is 4.98 Å². The molecule has 0 bridgehead atoms. The van der Waals surface area contributed by atoms with Crippen molar-refractivity contribution in [3.63, 3.8) is 0 Å². The maximum absolute atomic E-state index is 13.7. The summed E-state index contributed by atoms with van der Waals surface area (Å²) in [6.07, 6.45) is 2.18. The summed E-state index contributed by atoms with van der Waals surface area (Å²) in [4.78, 5) is 22.6. The minimum absolute atomic E-state index is 0.121. The summed E-state index contributed by atoms with van der Waals surface area (Å²) < 4.78 is 29.8. The van der Waals surface area contributed by atoms with Crippen molar-refractivity contribution in [2.24, 2.45) is 5.92 Å². The van der Waals surface area contributed by atoms with Gasteiger partial charge in [0.1, 0.15) is 33.4 Å². The fraction of sp³-hybridized carbons (Fsp3) is 0.300. The van der Waals surface area contributed by atoms with Gasteiger partial charge in [0.05, 0.1) is 17.2 Å². The van der Waals surface area contributed by atoms with Gasteiger partial charge in [-0.2, -0.15) is 5.26 Å². The van der Waals surface area contributed by atoms with E-state index < -0.39 is 0 Å². The molecule has 3 heterocycles. The minimum atomic E-state index is -0.313. The highest BCUT2D eigenvalue weighted by Gasteiger charge is 2.31. The van der Waals surface area contributed by atoms with E-state index in [1.54, 1.807) is 28.8 Å². The average Bonchev–Trinajstić information content (AvgIpc) is 3.77. The smallest absolute Gasteiger partial charge is 0.271 e. The van der Waals surface area contributed by atoms with Crippen molar-refractivity contribution in [2.45, 2.75) is 25.4 Å². The molecule has 2 aromatic heterocycles. The maximum Gasteiger partial charge on any atom is 0.271 e. The van der Waals surface area contributed by atoms with Crippen molar-refractivity contribution in [1.29, 1.82) is 5.26 Å². The number of fused-ring (bicyclic) bond motifs is 1. The Labute approximate surface area is 233 Å². The number of piperazine rings is 1. The van der Waals surface area contributed by atoms with Crippen molar-refractivity contribution in [3.05, 3.63) is 104 Å². The molecule has 6 nitrogen and oxygen atoms in total. The Kier molecular flexibility index (Phi) is 6.92. The fourth-order valence-electron chi connectivity index (χ4n) is 5.54. The summed E-state index contributed by atoms with van der Waals surface area (Å²) in [7, 11) is 0. The third kappa shape index (κ3) is 5.07. The number of halogens is 3. The molecule has 1 aliphatic carbocycles. The number of nitrogens with zero attached hydrogens (tertiary/aromatic N) is 5. The highest BCUT2D eigenvalue weighted by molar-refractivity contribution is 9.10. The predicted molar refractivity (Wildman–Crippen MR) is 150 cm³/mol. The van der Waals surface area contributed by atoms with E-state index in [9.17, 15) is 18.8 Å². The number of pyridine rings is 2. The van der Waals surface area contributed by atoms with Gasteiger partial charge in [-0.1, -0.05) is 24.3 Å². The van der Waals surface area contributed by atoms with E-state index in [0.717, 1.165) is 29.5 Å². The highest BCUT2D eigenvalue weighted by Crippen LogP contribution is 2.35. The van der Waals surface area contributed by atoms with Crippen molar-refractivity contribution >= 4 is 32.7 Å². The zero-order valence-electron chi connectivity index (χ0n) is 21.2. The van der Waals surface area contributed by atoms with Gasteiger partial charge in [0.25, 0.3) is 5.56 Å². The largest absolute Gasteiger partial charge is 0.366 e. The van der Waals surface area contributed by atoms with Gasteiger partial charge in [-0.05, 0) is 82.2 Å². The zero-order chi connectivity index (χ0) is 27.1. The second-order valence-electron chi connectivity index (χ2n) is 10.2. The molecule has 1 saturated heterocycles. The number of nitriles is 1. The Morgan fingerprint density at radius 2 is 1.51 bits per heavy atom. The van der Waals surface area contributed by atoms with Crippen molar-refractivity contribution in [3.8, 4) is 6.07 Å². The number of hydrogen-bond acceptors (Lipinski definition) is 5. The molecule has 0 spiro atoms. The Bertz CT molecular complexity index is 1570. The molecule has 9 heteroatoms. The fourth-order valence-corrected chi connectivity index (χ4v) is 5.85. The lowest BCUT2D eigenvalue weighted by Gasteiger charge is -2.41. The molecule has 2 fully saturated rings. The lowest BCUT2D eigenvalue weighted by atomic mass is 9.96. The van der Waals surface area contributed by atoms with Gasteiger partial charge in [0.15, 0.2) is 0 Å². The third-order valence-corrected chi connectivity index (χ3v) is 8.11. The first-order chi connectivity index (χ1) is 18.9. The van der Waals surface area contributed by atoms with E-state index >= 15 is 0 Å². The second-order valence-corrected chi connectivity index (χ2v) is 11.0. The maximum atomic E-state index is 13.7. The molecule has 0 unspecified atom stereocenters. The van der Waals surface area contributed by atoms with Crippen LogP contribution in [0.4, 0.5) is 14.5 Å². The van der Waals surface area contributed by atoms with E-state index in [1.807, 2.05) is 12.1 Å². The molecular formula is C30H26BrF2N5O. The van der Waals surface area contributed by atoms with Gasteiger partial charge >= 0.3 is 0 Å². The number of hydrogen-bond donors (Lipinski definition) is 0. The van der Waals surface area contributed by atoms with Crippen LogP contribution < -0.4 is 10.5 Å². The van der Waals surface area contributed by atoms with Crippen molar-refractivity contribution in [1.82, 2.24) is 14.5 Å². The monoisotopic (exact) mass is 589 g/mol. The second kappa shape index (κ2) is 10.5. The van der Waals surface area contributed by atoms with Crippen LogP contribution in [0.1, 0.15) is 35.6 Å². The minimum Gasteiger partial charge on any atom is -0.366 e. The van der Waals surface area contributed by atoms with Crippen LogP contribution in [0.25, 0.3) is 11.0 Å². The Hall–Kier alpha value is -3.61. The predicted octanol–water partition coefficient (Wildman–Crippen LogP) is 5.63. The first-order valence-corrected chi connectivity index (χ1v) is 13.9. The molecule has 39 heavy (non-hydrogen) atoms. The number of rotatable bonds is 6. The molecule has 4 aromatic rings. The lowest BCUT2D eigenvalue weighted by Crippen LogP contribution is -2.48. The third-order valence-electron chi connectivity index (χ3n) is 7.67. The number of aromatic nitrogens is 2. The molecule has 0 N–H and O–H groups in total. The molecule has 1 aliphatic heterocycles. The van der Waals surface area contributed by atoms with Gasteiger partial charge in [-0.15, -0.1) is 0 Å². The van der Waals surface area contributed by atoms with E-state index in [-0.39, 0.29) is 28.8 Å². The first-order valence-electron chi connectivity index (χ1n) is 13.1. The van der Waals surface area contributed by atoms with E-state index in [0.29, 0.717) is 54.4 Å². The standard InChI is InChI=1S/C30H26BrF2N5O/c31-26-12-11-25-27(35-26)29(24(17-34)30(39)38(25)18-19-1-2-19)37-15-13-36(14-16-37)28(20-3-7-22(32)8-4-20)21-5-9-23(33)10-6-21/h3-12,19,28H,1-2,13-16,18H2. The SMILES string of the molecule is N#Cc1c(N2CCN(C(c3ccc(F)cc3)c3ccc(F)cc3)CC2)c2nc(Br)ccc2n(CC2CC2)c1=O. The number of anilines is 1. The van der Waals surface area contributed by atoms with E-state index in [1.165, 1.54) is 24.3 Å². The molecule has 1 saturated carbocycles. The average molecular weight is 590 g/mol. The van der Waals surface area contributed by atoms with Gasteiger partial charge in [-0.25, -0.2) is 13.8 Å². The normalized spacial score (nSPS) is 16.1. The van der Waals surface area contributed by atoms with Crippen LogP contribution in [0.2, 0.25) is 0 Å². The Morgan fingerprint density at radius 1 is 0.923 bits per heavy atom. The molecule has 2 aliphatic rings. The van der Waals surface area contributed by atoms with Crippen LogP contribution in [0.5, 0.6) is 0 Å².